The van der Waals surface area contributed by atoms with E-state index in [1.807, 2.05) is 12.1 Å². The van der Waals surface area contributed by atoms with Gasteiger partial charge in [0.15, 0.2) is 0 Å². The number of benzene rings is 1. The summed E-state index contributed by atoms with van der Waals surface area (Å²) < 4.78 is 0.955. The van der Waals surface area contributed by atoms with Gasteiger partial charge in [-0.15, -0.1) is 11.3 Å². The van der Waals surface area contributed by atoms with Crippen LogP contribution in [0, 0.1) is 10.1 Å². The van der Waals surface area contributed by atoms with E-state index in [1.54, 1.807) is 0 Å². The van der Waals surface area contributed by atoms with Crippen LogP contribution >= 0.6 is 50.5 Å². The number of carbonyl (C=O) groups excluding carboxylic acids is 1. The van der Waals surface area contributed by atoms with Crippen LogP contribution in [0.25, 0.3) is 0 Å². The molecule has 5 nitrogen and oxygen atoms in total. The van der Waals surface area contributed by atoms with Gasteiger partial charge < -0.3 is 5.32 Å². The van der Waals surface area contributed by atoms with E-state index >= 15 is 0 Å². The smallest absolute Gasteiger partial charge is 0.290 e. The summed E-state index contributed by atoms with van der Waals surface area (Å²) in [6.45, 7) is 0.323. The Morgan fingerprint density at radius 2 is 2.10 bits per heavy atom. The summed E-state index contributed by atoms with van der Waals surface area (Å²) in [5.74, 6) is -0.457. The zero-order chi connectivity index (χ0) is 15.6. The number of halogens is 3. The molecule has 110 valence electrons. The quantitative estimate of drug-likeness (QED) is 0.589. The molecule has 1 heterocycles. The molecule has 1 amide bonds. The normalized spacial score (nSPS) is 10.4. The highest BCUT2D eigenvalue weighted by Crippen LogP contribution is 2.33. The standard InChI is InChI=1S/C12H7BrCl2N2O3S/c13-10-2-1-7(21-10)5-16-12(18)6-3-8(14)11(15)9(4-6)17(19)20/h1-4H,5H2,(H,16,18). The summed E-state index contributed by atoms with van der Waals surface area (Å²) in [6.07, 6.45) is 0. The predicted octanol–water partition coefficient (Wildman–Crippen LogP) is 4.66. The van der Waals surface area contributed by atoms with Gasteiger partial charge in [0.25, 0.3) is 11.6 Å². The van der Waals surface area contributed by atoms with Crippen molar-refractivity contribution in [2.24, 2.45) is 0 Å². The summed E-state index contributed by atoms with van der Waals surface area (Å²) >= 11 is 16.3. The van der Waals surface area contributed by atoms with Gasteiger partial charge in [-0.25, -0.2) is 0 Å². The molecule has 0 aliphatic carbocycles. The zero-order valence-corrected chi connectivity index (χ0v) is 14.1. The SMILES string of the molecule is O=C(NCc1ccc(Br)s1)c1cc(Cl)c(Cl)c([N+](=O)[O-])c1. The van der Waals surface area contributed by atoms with Crippen molar-refractivity contribution < 1.29 is 9.72 Å². The fraction of sp³-hybridized carbons (Fsp3) is 0.0833. The topological polar surface area (TPSA) is 72.2 Å². The largest absolute Gasteiger partial charge is 0.347 e. The monoisotopic (exact) mass is 408 g/mol. The van der Waals surface area contributed by atoms with E-state index < -0.39 is 16.5 Å². The average molecular weight is 410 g/mol. The molecule has 0 saturated carbocycles. The van der Waals surface area contributed by atoms with Gasteiger partial charge in [0.05, 0.1) is 20.3 Å². The van der Waals surface area contributed by atoms with Crippen LogP contribution in [0.4, 0.5) is 5.69 Å². The van der Waals surface area contributed by atoms with Crippen LogP contribution < -0.4 is 5.32 Å². The van der Waals surface area contributed by atoms with Crippen LogP contribution in [0.3, 0.4) is 0 Å². The number of hydrogen-bond donors (Lipinski definition) is 1. The fourth-order valence-corrected chi connectivity index (χ4v) is 3.37. The highest BCUT2D eigenvalue weighted by Gasteiger charge is 2.20. The number of nitrogens with zero attached hydrogens (tertiary/aromatic N) is 1. The second-order valence-corrected chi connectivity index (χ2v) is 7.27. The molecule has 0 radical (unpaired) electrons. The zero-order valence-electron chi connectivity index (χ0n) is 10.2. The predicted molar refractivity (Wildman–Crippen MR) is 86.3 cm³/mol. The van der Waals surface area contributed by atoms with Gasteiger partial charge in [-0.1, -0.05) is 23.2 Å². The maximum absolute atomic E-state index is 12.0. The summed E-state index contributed by atoms with van der Waals surface area (Å²) in [4.78, 5) is 23.1. The van der Waals surface area contributed by atoms with E-state index in [1.165, 1.54) is 17.4 Å². The lowest BCUT2D eigenvalue weighted by Crippen LogP contribution is -2.22. The minimum absolute atomic E-state index is 0.0325. The van der Waals surface area contributed by atoms with Crippen molar-refractivity contribution in [2.75, 3.05) is 0 Å². The van der Waals surface area contributed by atoms with Crippen molar-refractivity contribution in [2.45, 2.75) is 6.54 Å². The number of nitro groups is 1. The summed E-state index contributed by atoms with van der Waals surface area (Å²) in [5.41, 5.74) is -0.306. The Kier molecular flexibility index (Phi) is 5.21. The lowest BCUT2D eigenvalue weighted by atomic mass is 10.2. The Bertz CT molecular complexity index is 721. The van der Waals surface area contributed by atoms with E-state index in [0.717, 1.165) is 14.7 Å². The van der Waals surface area contributed by atoms with Gasteiger partial charge >= 0.3 is 0 Å². The first-order valence-electron chi connectivity index (χ1n) is 5.54. The van der Waals surface area contributed by atoms with Gasteiger partial charge in [-0.05, 0) is 34.1 Å². The van der Waals surface area contributed by atoms with Crippen LogP contribution in [0.2, 0.25) is 10.0 Å². The van der Waals surface area contributed by atoms with Gasteiger partial charge in [-0.2, -0.15) is 0 Å². The molecule has 0 spiro atoms. The van der Waals surface area contributed by atoms with Crippen LogP contribution in [0.5, 0.6) is 0 Å². The lowest BCUT2D eigenvalue weighted by Gasteiger charge is -2.05. The van der Waals surface area contributed by atoms with Gasteiger partial charge in [0.1, 0.15) is 5.02 Å². The van der Waals surface area contributed by atoms with Crippen molar-refractivity contribution >= 4 is 62.1 Å². The number of nitro benzene ring substituents is 1. The molecule has 1 N–H and O–H groups in total. The lowest BCUT2D eigenvalue weighted by molar-refractivity contribution is -0.384. The number of amides is 1. The Labute approximate surface area is 142 Å². The van der Waals surface area contributed by atoms with Crippen LogP contribution in [0.15, 0.2) is 28.1 Å². The second-order valence-electron chi connectivity index (χ2n) is 3.94. The molecule has 0 unspecified atom stereocenters. The van der Waals surface area contributed by atoms with Crippen molar-refractivity contribution in [1.29, 1.82) is 0 Å². The van der Waals surface area contributed by atoms with Crippen molar-refractivity contribution in [3.63, 3.8) is 0 Å². The molecule has 1 aromatic carbocycles. The molecule has 0 atom stereocenters. The summed E-state index contributed by atoms with van der Waals surface area (Å²) in [7, 11) is 0. The molecule has 0 bridgehead atoms. The molecule has 0 aliphatic heterocycles. The number of nitrogens with one attached hydrogen (secondary N) is 1. The number of carbonyl (C=O) groups is 1. The van der Waals surface area contributed by atoms with Crippen LogP contribution in [0.1, 0.15) is 15.2 Å². The fourth-order valence-electron chi connectivity index (χ4n) is 1.55. The first-order chi connectivity index (χ1) is 9.88. The van der Waals surface area contributed by atoms with E-state index in [2.05, 4.69) is 21.2 Å². The number of rotatable bonds is 4. The van der Waals surface area contributed by atoms with Crippen molar-refractivity contribution in [3.8, 4) is 0 Å². The van der Waals surface area contributed by atoms with Crippen LogP contribution in [-0.2, 0) is 6.54 Å². The molecule has 0 aliphatic rings. The highest BCUT2D eigenvalue weighted by molar-refractivity contribution is 9.11. The molecule has 1 aromatic heterocycles. The van der Waals surface area contributed by atoms with Gasteiger partial charge in [0.2, 0.25) is 0 Å². The third kappa shape index (κ3) is 3.94. The summed E-state index contributed by atoms with van der Waals surface area (Å²) in [5, 5.41) is 13.3. The number of hydrogen-bond acceptors (Lipinski definition) is 4. The minimum Gasteiger partial charge on any atom is -0.347 e. The molecule has 0 saturated heterocycles. The van der Waals surface area contributed by atoms with Crippen molar-refractivity contribution in [1.82, 2.24) is 5.32 Å². The van der Waals surface area contributed by atoms with E-state index in [4.69, 9.17) is 23.2 Å². The molecular formula is C12H7BrCl2N2O3S. The average Bonchev–Trinajstić information content (AvgIpc) is 2.84. The molecule has 0 fully saturated rings. The third-order valence-electron chi connectivity index (χ3n) is 2.52. The first-order valence-corrected chi connectivity index (χ1v) is 7.91. The van der Waals surface area contributed by atoms with E-state index in [-0.39, 0.29) is 15.6 Å². The Morgan fingerprint density at radius 3 is 2.67 bits per heavy atom. The number of thiophene rings is 1. The molecular weight excluding hydrogens is 403 g/mol. The van der Waals surface area contributed by atoms with Crippen LogP contribution in [-0.4, -0.2) is 10.8 Å². The van der Waals surface area contributed by atoms with Crippen molar-refractivity contribution in [3.05, 3.63) is 58.7 Å². The Morgan fingerprint density at radius 1 is 1.38 bits per heavy atom. The first kappa shape index (κ1) is 16.2. The maximum Gasteiger partial charge on any atom is 0.290 e. The van der Waals surface area contributed by atoms with Gasteiger partial charge in [0, 0.05) is 16.5 Å². The Hall–Kier alpha value is -1.15. The minimum atomic E-state index is -0.679. The summed E-state index contributed by atoms with van der Waals surface area (Å²) in [6, 6.07) is 6.15. The maximum atomic E-state index is 12.0. The molecule has 21 heavy (non-hydrogen) atoms. The highest BCUT2D eigenvalue weighted by atomic mass is 79.9. The second kappa shape index (κ2) is 6.74. The van der Waals surface area contributed by atoms with E-state index in [0.29, 0.717) is 6.54 Å². The third-order valence-corrected chi connectivity index (χ3v) is 4.94. The Balaban J connectivity index is 2.17. The molecule has 9 heteroatoms. The van der Waals surface area contributed by atoms with Gasteiger partial charge in [-0.3, -0.25) is 14.9 Å². The molecule has 2 rings (SSSR count). The molecule has 2 aromatic rings. The van der Waals surface area contributed by atoms with E-state index in [9.17, 15) is 14.9 Å².